The Morgan fingerprint density at radius 1 is 1.17 bits per heavy atom. The lowest BCUT2D eigenvalue weighted by Gasteiger charge is -2.16. The van der Waals surface area contributed by atoms with Crippen molar-refractivity contribution in [3.05, 3.63) is 46.6 Å². The molecule has 1 aliphatic rings. The number of rotatable bonds is 8. The highest BCUT2D eigenvalue weighted by atomic mass is 16.7. The van der Waals surface area contributed by atoms with Crippen molar-refractivity contribution in [1.29, 1.82) is 0 Å². The maximum atomic E-state index is 12.6. The Hall–Kier alpha value is -3.27. The monoisotopic (exact) mass is 416 g/mol. The van der Waals surface area contributed by atoms with Crippen molar-refractivity contribution in [1.82, 2.24) is 19.4 Å². The number of nitrogens with zero attached hydrogens (tertiary/aromatic N) is 4. The number of carbonyl (C=O) groups excluding carboxylic acids is 3. The molecule has 160 valence electrons. The molecule has 0 saturated carbocycles. The van der Waals surface area contributed by atoms with Gasteiger partial charge in [-0.3, -0.25) is 9.59 Å². The third kappa shape index (κ3) is 4.48. The molecular formula is C20H24N4O6. The van der Waals surface area contributed by atoms with Crippen LogP contribution in [-0.2, 0) is 25.6 Å². The topological polar surface area (TPSA) is 124 Å². The zero-order valence-electron chi connectivity index (χ0n) is 16.9. The summed E-state index contributed by atoms with van der Waals surface area (Å²) in [5.41, 5.74) is 1.08. The molecule has 1 fully saturated rings. The van der Waals surface area contributed by atoms with Crippen molar-refractivity contribution in [3.8, 4) is 5.69 Å². The fourth-order valence-electron chi connectivity index (χ4n) is 3.31. The second-order valence-electron chi connectivity index (χ2n) is 7.16. The second-order valence-corrected chi connectivity index (χ2v) is 7.16. The highest BCUT2D eigenvalue weighted by molar-refractivity contribution is 6.01. The van der Waals surface area contributed by atoms with Gasteiger partial charge in [-0.15, -0.1) is 5.06 Å². The second kappa shape index (κ2) is 9.04. The molecular weight excluding hydrogens is 392 g/mol. The summed E-state index contributed by atoms with van der Waals surface area (Å²) in [6, 6.07) is 6.59. The van der Waals surface area contributed by atoms with Crippen LogP contribution in [0.2, 0.25) is 0 Å². The number of hydrogen-bond donors (Lipinski definition) is 1. The normalized spacial score (nSPS) is 16.0. The van der Waals surface area contributed by atoms with Crippen molar-refractivity contribution >= 4 is 17.8 Å². The first kappa shape index (κ1) is 21.4. The van der Waals surface area contributed by atoms with E-state index >= 15 is 0 Å². The van der Waals surface area contributed by atoms with Gasteiger partial charge >= 0.3 is 11.7 Å². The molecule has 0 unspecified atom stereocenters. The number of hydrogen-bond acceptors (Lipinski definition) is 7. The first-order valence-electron chi connectivity index (χ1n) is 9.82. The molecule has 2 atom stereocenters. The van der Waals surface area contributed by atoms with E-state index in [-0.39, 0.29) is 25.0 Å². The van der Waals surface area contributed by atoms with Crippen LogP contribution in [0.1, 0.15) is 51.1 Å². The van der Waals surface area contributed by atoms with Gasteiger partial charge in [0.05, 0.1) is 24.3 Å². The Morgan fingerprint density at radius 2 is 1.80 bits per heavy atom. The molecule has 10 nitrogen and oxygen atoms in total. The molecule has 2 aromatic rings. The summed E-state index contributed by atoms with van der Waals surface area (Å²) < 4.78 is 2.66. The summed E-state index contributed by atoms with van der Waals surface area (Å²) in [5, 5.41) is 14.5. The zero-order valence-corrected chi connectivity index (χ0v) is 16.9. The smallest absolute Gasteiger partial charge is 0.350 e. The average Bonchev–Trinajstić information content (AvgIpc) is 3.24. The Kier molecular flexibility index (Phi) is 6.46. The van der Waals surface area contributed by atoms with Crippen LogP contribution in [0.4, 0.5) is 0 Å². The highest BCUT2D eigenvalue weighted by Crippen LogP contribution is 2.15. The zero-order chi connectivity index (χ0) is 21.8. The molecule has 1 aliphatic heterocycles. The van der Waals surface area contributed by atoms with Gasteiger partial charge in [-0.05, 0) is 37.5 Å². The van der Waals surface area contributed by atoms with Gasteiger partial charge in [-0.1, -0.05) is 19.1 Å². The van der Waals surface area contributed by atoms with Gasteiger partial charge < -0.3 is 9.94 Å². The Bertz CT molecular complexity index is 975. The number of aryl methyl sites for hydroxylation is 1. The van der Waals surface area contributed by atoms with Gasteiger partial charge in [0, 0.05) is 12.8 Å². The summed E-state index contributed by atoms with van der Waals surface area (Å²) in [6.07, 6.45) is 1.73. The molecule has 1 aromatic carbocycles. The minimum absolute atomic E-state index is 0.000849. The number of aromatic nitrogens is 3. The van der Waals surface area contributed by atoms with E-state index in [0.29, 0.717) is 23.6 Å². The molecule has 0 spiro atoms. The Labute approximate surface area is 172 Å². The Morgan fingerprint density at radius 3 is 2.37 bits per heavy atom. The molecule has 30 heavy (non-hydrogen) atoms. The number of aliphatic hydroxyl groups excluding tert-OH is 1. The van der Waals surface area contributed by atoms with Crippen LogP contribution in [0.5, 0.6) is 0 Å². The number of imide groups is 1. The van der Waals surface area contributed by atoms with Crippen LogP contribution >= 0.6 is 0 Å². The molecule has 0 aliphatic carbocycles. The number of aliphatic hydroxyl groups is 1. The van der Waals surface area contributed by atoms with Gasteiger partial charge in [0.15, 0.2) is 0 Å². The van der Waals surface area contributed by atoms with Crippen molar-refractivity contribution in [2.24, 2.45) is 0 Å². The SMILES string of the molecule is CC[C@@H]([C@H](C)O)n1ncn(-c2ccc(CCC(=O)ON3C(=O)CCC3=O)cc2)c1=O. The summed E-state index contributed by atoms with van der Waals surface area (Å²) in [7, 11) is 0. The molecule has 10 heteroatoms. The third-order valence-corrected chi connectivity index (χ3v) is 5.01. The number of hydroxylamine groups is 2. The fourth-order valence-corrected chi connectivity index (χ4v) is 3.31. The predicted molar refractivity (Wildman–Crippen MR) is 104 cm³/mol. The molecule has 1 saturated heterocycles. The van der Waals surface area contributed by atoms with E-state index in [4.69, 9.17) is 4.84 Å². The molecule has 1 N–H and O–H groups in total. The lowest BCUT2D eigenvalue weighted by molar-refractivity contribution is -0.197. The number of benzene rings is 1. The molecule has 3 rings (SSSR count). The third-order valence-electron chi connectivity index (χ3n) is 5.01. The Balaban J connectivity index is 1.62. The standard InChI is InChI=1S/C20H24N4O6/c1-3-16(13(2)25)23-20(29)22(12-21-23)15-7-4-14(5-8-15)6-11-19(28)30-24-17(26)9-10-18(24)27/h4-5,7-8,12-13,16,25H,3,6,9-11H2,1-2H3/t13-,16-/m0/s1. The maximum Gasteiger partial charge on any atom is 0.350 e. The summed E-state index contributed by atoms with van der Waals surface area (Å²) >= 11 is 0. The molecule has 0 bridgehead atoms. The van der Waals surface area contributed by atoms with Crippen LogP contribution in [0.3, 0.4) is 0 Å². The van der Waals surface area contributed by atoms with E-state index in [9.17, 15) is 24.3 Å². The van der Waals surface area contributed by atoms with Crippen LogP contribution in [0.25, 0.3) is 5.69 Å². The van der Waals surface area contributed by atoms with Gasteiger partial charge in [0.2, 0.25) is 0 Å². The first-order chi connectivity index (χ1) is 14.3. The summed E-state index contributed by atoms with van der Waals surface area (Å²) in [6.45, 7) is 3.49. The van der Waals surface area contributed by atoms with Gasteiger partial charge in [-0.2, -0.15) is 5.10 Å². The van der Waals surface area contributed by atoms with E-state index in [0.717, 1.165) is 5.56 Å². The summed E-state index contributed by atoms with van der Waals surface area (Å²) in [4.78, 5) is 52.3. The lowest BCUT2D eigenvalue weighted by atomic mass is 10.1. The first-order valence-corrected chi connectivity index (χ1v) is 9.82. The molecule has 0 radical (unpaired) electrons. The maximum absolute atomic E-state index is 12.6. The van der Waals surface area contributed by atoms with Crippen molar-refractivity contribution in [2.75, 3.05) is 0 Å². The van der Waals surface area contributed by atoms with Gasteiger partial charge in [0.1, 0.15) is 6.33 Å². The van der Waals surface area contributed by atoms with Crippen molar-refractivity contribution < 1.29 is 24.3 Å². The van der Waals surface area contributed by atoms with Crippen LogP contribution in [0.15, 0.2) is 35.4 Å². The van der Waals surface area contributed by atoms with E-state index in [1.54, 1.807) is 31.2 Å². The lowest BCUT2D eigenvalue weighted by Crippen LogP contribution is -2.32. The van der Waals surface area contributed by atoms with Crippen molar-refractivity contribution in [3.63, 3.8) is 0 Å². The molecule has 1 aromatic heterocycles. The van der Waals surface area contributed by atoms with Crippen molar-refractivity contribution in [2.45, 2.75) is 58.1 Å². The van der Waals surface area contributed by atoms with Crippen LogP contribution in [0, 0.1) is 0 Å². The molecule has 2 amide bonds. The van der Waals surface area contributed by atoms with Gasteiger partial charge in [0.25, 0.3) is 11.8 Å². The minimum Gasteiger partial charge on any atom is -0.391 e. The van der Waals surface area contributed by atoms with Crippen LogP contribution < -0.4 is 5.69 Å². The average molecular weight is 416 g/mol. The van der Waals surface area contributed by atoms with Crippen LogP contribution in [-0.4, -0.2) is 48.4 Å². The highest BCUT2D eigenvalue weighted by Gasteiger charge is 2.32. The quantitative estimate of drug-likeness (QED) is 0.634. The number of carbonyl (C=O) groups is 3. The largest absolute Gasteiger partial charge is 0.391 e. The van der Waals surface area contributed by atoms with E-state index in [1.807, 2.05) is 6.92 Å². The predicted octanol–water partition coefficient (Wildman–Crippen LogP) is 0.906. The minimum atomic E-state index is -0.704. The van der Waals surface area contributed by atoms with E-state index in [1.165, 1.54) is 15.6 Å². The molecule has 2 heterocycles. The summed E-state index contributed by atoms with van der Waals surface area (Å²) in [5.74, 6) is -1.68. The van der Waals surface area contributed by atoms with E-state index in [2.05, 4.69) is 5.10 Å². The van der Waals surface area contributed by atoms with E-state index < -0.39 is 29.9 Å². The van der Waals surface area contributed by atoms with Gasteiger partial charge in [-0.25, -0.2) is 18.8 Å². The number of amides is 2. The fraction of sp³-hybridized carbons (Fsp3) is 0.450.